The van der Waals surface area contributed by atoms with Crippen LogP contribution in [0.1, 0.15) is 49.1 Å². The molecule has 1 N–H and O–H groups in total. The average Bonchev–Trinajstić information content (AvgIpc) is 2.79. The van der Waals surface area contributed by atoms with Gasteiger partial charge in [-0.15, -0.1) is 0 Å². The highest BCUT2D eigenvalue weighted by atomic mass is 16.6. The van der Waals surface area contributed by atoms with Gasteiger partial charge in [0, 0.05) is 30.2 Å². The van der Waals surface area contributed by atoms with Crippen LogP contribution < -0.4 is 10.9 Å². The van der Waals surface area contributed by atoms with Gasteiger partial charge >= 0.3 is 12.1 Å². The summed E-state index contributed by atoms with van der Waals surface area (Å²) in [5, 5.41) is 2.56. The van der Waals surface area contributed by atoms with E-state index < -0.39 is 23.7 Å². The first-order valence-electron chi connectivity index (χ1n) is 10.9. The lowest BCUT2D eigenvalue weighted by Crippen LogP contribution is -2.38. The third-order valence-corrected chi connectivity index (χ3v) is 4.93. The number of ether oxygens (including phenoxy) is 2. The molecule has 3 aromatic rings. The van der Waals surface area contributed by atoms with Crippen molar-refractivity contribution < 1.29 is 19.1 Å². The fourth-order valence-corrected chi connectivity index (χ4v) is 3.37. The first kappa shape index (κ1) is 24.7. The Morgan fingerprint density at radius 3 is 2.38 bits per heavy atom. The summed E-state index contributed by atoms with van der Waals surface area (Å²) < 4.78 is 11.8. The first-order chi connectivity index (χ1) is 16.1. The molecule has 0 aliphatic heterocycles. The zero-order valence-corrected chi connectivity index (χ0v) is 19.8. The molecule has 2 aromatic heterocycles. The largest absolute Gasteiger partial charge is 0.467 e. The number of nitrogens with zero attached hydrogens (tertiary/aromatic N) is 2. The molecular weight excluding hydrogens is 434 g/mol. The van der Waals surface area contributed by atoms with Crippen molar-refractivity contribution in [2.24, 2.45) is 0 Å². The number of nitrogens with one attached hydrogen (secondary N) is 1. The maximum Gasteiger partial charge on any atom is 0.408 e. The van der Waals surface area contributed by atoms with Gasteiger partial charge in [-0.05, 0) is 56.0 Å². The molecule has 8 nitrogen and oxygen atoms in total. The van der Waals surface area contributed by atoms with Crippen LogP contribution in [-0.4, -0.2) is 34.3 Å². The SMILES string of the molecule is COC(=O)C(NC(=O)OC(C)(C)C)c1cncc(Cc2ccc(Cn3ccccc3=O)cc2)c1. The summed E-state index contributed by atoms with van der Waals surface area (Å²) in [6, 6.07) is 13.8. The Balaban J connectivity index is 1.73. The third-order valence-electron chi connectivity index (χ3n) is 4.93. The van der Waals surface area contributed by atoms with E-state index in [2.05, 4.69) is 10.3 Å². The lowest BCUT2D eigenvalue weighted by atomic mass is 10.0. The van der Waals surface area contributed by atoms with E-state index in [4.69, 9.17) is 9.47 Å². The number of hydrogen-bond donors (Lipinski definition) is 1. The van der Waals surface area contributed by atoms with Crippen molar-refractivity contribution in [1.29, 1.82) is 0 Å². The number of methoxy groups -OCH3 is 1. The zero-order chi connectivity index (χ0) is 24.7. The Kier molecular flexibility index (Phi) is 7.83. The number of alkyl carbamates (subject to hydrolysis) is 1. The number of aromatic nitrogens is 2. The van der Waals surface area contributed by atoms with E-state index in [9.17, 15) is 14.4 Å². The van der Waals surface area contributed by atoms with Crippen LogP contribution in [0.25, 0.3) is 0 Å². The number of hydrogen-bond acceptors (Lipinski definition) is 6. The molecule has 0 fully saturated rings. The van der Waals surface area contributed by atoms with E-state index in [-0.39, 0.29) is 5.56 Å². The predicted molar refractivity (Wildman–Crippen MR) is 127 cm³/mol. The molecule has 2 heterocycles. The van der Waals surface area contributed by atoms with Crippen LogP contribution in [0.3, 0.4) is 0 Å². The van der Waals surface area contributed by atoms with Gasteiger partial charge in [-0.3, -0.25) is 9.78 Å². The Labute approximate surface area is 198 Å². The highest BCUT2D eigenvalue weighted by Gasteiger charge is 2.27. The number of esters is 1. The molecule has 34 heavy (non-hydrogen) atoms. The number of amides is 1. The monoisotopic (exact) mass is 463 g/mol. The highest BCUT2D eigenvalue weighted by molar-refractivity contribution is 5.82. The van der Waals surface area contributed by atoms with Gasteiger partial charge < -0.3 is 19.4 Å². The molecule has 178 valence electrons. The molecule has 0 radical (unpaired) electrons. The molecule has 0 saturated heterocycles. The topological polar surface area (TPSA) is 99.5 Å². The summed E-state index contributed by atoms with van der Waals surface area (Å²) in [4.78, 5) is 40.7. The minimum Gasteiger partial charge on any atom is -0.467 e. The van der Waals surface area contributed by atoms with Crippen LogP contribution in [-0.2, 0) is 27.2 Å². The summed E-state index contributed by atoms with van der Waals surface area (Å²) in [6.45, 7) is 5.72. The molecule has 8 heteroatoms. The lowest BCUT2D eigenvalue weighted by Gasteiger charge is -2.22. The number of pyridine rings is 2. The van der Waals surface area contributed by atoms with Crippen LogP contribution in [0.4, 0.5) is 4.79 Å². The Bertz CT molecular complexity index is 1200. The molecule has 1 atom stereocenters. The Morgan fingerprint density at radius 1 is 1.03 bits per heavy atom. The number of rotatable bonds is 7. The van der Waals surface area contributed by atoms with Crippen LogP contribution in [0.5, 0.6) is 0 Å². The van der Waals surface area contributed by atoms with Gasteiger partial charge in [0.05, 0.1) is 13.7 Å². The molecule has 1 amide bonds. The Hall–Kier alpha value is -3.94. The summed E-state index contributed by atoms with van der Waals surface area (Å²) in [5.74, 6) is -0.620. The van der Waals surface area contributed by atoms with Gasteiger partial charge in [0.1, 0.15) is 5.60 Å². The van der Waals surface area contributed by atoms with Crippen LogP contribution in [0.2, 0.25) is 0 Å². The number of carbonyl (C=O) groups excluding carboxylic acids is 2. The molecule has 0 saturated carbocycles. The van der Waals surface area contributed by atoms with Gasteiger partial charge in [0.2, 0.25) is 0 Å². The molecule has 0 aliphatic rings. The summed E-state index contributed by atoms with van der Waals surface area (Å²) in [7, 11) is 1.26. The number of carbonyl (C=O) groups is 2. The van der Waals surface area contributed by atoms with Crippen molar-refractivity contribution in [2.45, 2.75) is 45.4 Å². The second-order valence-electron chi connectivity index (χ2n) is 8.89. The zero-order valence-electron chi connectivity index (χ0n) is 19.8. The fraction of sp³-hybridized carbons (Fsp3) is 0.308. The molecule has 1 unspecified atom stereocenters. The molecule has 3 rings (SSSR count). The fourth-order valence-electron chi connectivity index (χ4n) is 3.37. The summed E-state index contributed by atoms with van der Waals surface area (Å²) in [6.07, 6.45) is 4.84. The van der Waals surface area contributed by atoms with E-state index in [1.807, 2.05) is 36.4 Å². The van der Waals surface area contributed by atoms with Gasteiger partial charge in [-0.1, -0.05) is 30.3 Å². The van der Waals surface area contributed by atoms with Crippen molar-refractivity contribution in [3.05, 3.63) is 99.7 Å². The van der Waals surface area contributed by atoms with Crippen LogP contribution in [0.15, 0.2) is 71.9 Å². The standard InChI is InChI=1S/C26H29N3O5/c1-26(2,3)34-25(32)28-23(24(31)33-4)21-14-20(15-27-16-21)13-18-8-10-19(11-9-18)17-29-12-6-5-7-22(29)30/h5-12,14-16,23H,13,17H2,1-4H3,(H,28,32). The Morgan fingerprint density at radius 2 is 1.74 bits per heavy atom. The van der Waals surface area contributed by atoms with Crippen LogP contribution in [0, 0.1) is 0 Å². The van der Waals surface area contributed by atoms with Gasteiger partial charge in [0.15, 0.2) is 6.04 Å². The lowest BCUT2D eigenvalue weighted by molar-refractivity contribution is -0.143. The van der Waals surface area contributed by atoms with E-state index in [1.165, 1.54) is 19.4 Å². The van der Waals surface area contributed by atoms with E-state index in [1.54, 1.807) is 43.8 Å². The van der Waals surface area contributed by atoms with Gasteiger partial charge in [-0.25, -0.2) is 9.59 Å². The first-order valence-corrected chi connectivity index (χ1v) is 10.9. The minimum absolute atomic E-state index is 0.0467. The van der Waals surface area contributed by atoms with Crippen molar-refractivity contribution in [2.75, 3.05) is 7.11 Å². The second kappa shape index (κ2) is 10.8. The van der Waals surface area contributed by atoms with Crippen molar-refractivity contribution in [1.82, 2.24) is 14.9 Å². The van der Waals surface area contributed by atoms with E-state index in [0.717, 1.165) is 16.7 Å². The average molecular weight is 464 g/mol. The van der Waals surface area contributed by atoms with E-state index in [0.29, 0.717) is 18.5 Å². The molecule has 0 bridgehead atoms. The van der Waals surface area contributed by atoms with Crippen molar-refractivity contribution in [3.8, 4) is 0 Å². The quantitative estimate of drug-likeness (QED) is 0.537. The van der Waals surface area contributed by atoms with Crippen molar-refractivity contribution in [3.63, 3.8) is 0 Å². The van der Waals surface area contributed by atoms with E-state index >= 15 is 0 Å². The maximum absolute atomic E-state index is 12.4. The second-order valence-corrected chi connectivity index (χ2v) is 8.89. The molecule has 0 spiro atoms. The predicted octanol–water partition coefficient (Wildman–Crippen LogP) is 3.62. The number of benzene rings is 1. The summed E-state index contributed by atoms with van der Waals surface area (Å²) in [5.41, 5.74) is 2.66. The summed E-state index contributed by atoms with van der Waals surface area (Å²) >= 11 is 0. The highest BCUT2D eigenvalue weighted by Crippen LogP contribution is 2.19. The smallest absolute Gasteiger partial charge is 0.408 e. The van der Waals surface area contributed by atoms with Gasteiger partial charge in [0.25, 0.3) is 5.56 Å². The van der Waals surface area contributed by atoms with Crippen LogP contribution >= 0.6 is 0 Å². The third kappa shape index (κ3) is 7.03. The van der Waals surface area contributed by atoms with Crippen molar-refractivity contribution >= 4 is 12.1 Å². The molecule has 0 aliphatic carbocycles. The normalized spacial score (nSPS) is 12.0. The molecular formula is C26H29N3O5. The maximum atomic E-state index is 12.4. The minimum atomic E-state index is -1.04. The molecule has 1 aromatic carbocycles. The van der Waals surface area contributed by atoms with Gasteiger partial charge in [-0.2, -0.15) is 0 Å².